The van der Waals surface area contributed by atoms with Gasteiger partial charge in [0.25, 0.3) is 0 Å². The minimum atomic E-state index is -4.61. The number of para-hydroxylation sites is 1. The van der Waals surface area contributed by atoms with Crippen molar-refractivity contribution < 1.29 is 17.9 Å². The summed E-state index contributed by atoms with van der Waals surface area (Å²) in [6, 6.07) is 14.2. The van der Waals surface area contributed by atoms with Gasteiger partial charge in [-0.25, -0.2) is 15.0 Å². The maximum absolute atomic E-state index is 13.1. The van der Waals surface area contributed by atoms with Crippen LogP contribution in [0, 0.1) is 0 Å². The Morgan fingerprint density at radius 1 is 1.00 bits per heavy atom. The highest BCUT2D eigenvalue weighted by Gasteiger charge is 2.35. The highest BCUT2D eigenvalue weighted by atomic mass is 32.1. The van der Waals surface area contributed by atoms with E-state index < -0.39 is 12.0 Å². The molecule has 0 radical (unpaired) electrons. The number of nitrogens with zero attached hydrogens (tertiary/aromatic N) is 3. The Bertz CT molecular complexity index is 1160. The number of rotatable bonds is 6. The number of nitrogens with one attached hydrogen (secondary N) is 1. The second kappa shape index (κ2) is 8.27. The summed E-state index contributed by atoms with van der Waals surface area (Å²) in [7, 11) is 1.61. The number of ether oxygens (including phenoxy) is 1. The molecule has 2 aromatic heterocycles. The molecule has 0 aliphatic rings. The number of anilines is 1. The third-order valence-electron chi connectivity index (χ3n) is 4.43. The van der Waals surface area contributed by atoms with E-state index in [-0.39, 0.29) is 11.3 Å². The van der Waals surface area contributed by atoms with E-state index in [0.29, 0.717) is 18.4 Å². The Balaban J connectivity index is 1.48. The third kappa shape index (κ3) is 4.35. The predicted molar refractivity (Wildman–Crippen MR) is 111 cm³/mol. The first-order valence-corrected chi connectivity index (χ1v) is 9.98. The standard InChI is InChI=1S/C21H17F3N4OS/c1-29-14-8-6-13(7-9-14)17-12-30-18(26-17)10-11-25-19-15-4-2-3-5-16(15)27-20(28-19)21(22,23)24/h2-9,12H,10-11H2,1H3,(H,25,27,28). The Morgan fingerprint density at radius 3 is 2.50 bits per heavy atom. The lowest BCUT2D eigenvalue weighted by Gasteiger charge is -2.11. The lowest BCUT2D eigenvalue weighted by Crippen LogP contribution is -2.14. The molecular weight excluding hydrogens is 413 g/mol. The van der Waals surface area contributed by atoms with Crippen molar-refractivity contribution in [1.82, 2.24) is 15.0 Å². The fourth-order valence-corrected chi connectivity index (χ4v) is 3.75. The minimum Gasteiger partial charge on any atom is -0.497 e. The van der Waals surface area contributed by atoms with Crippen LogP contribution in [0.5, 0.6) is 5.75 Å². The van der Waals surface area contributed by atoms with E-state index in [4.69, 9.17) is 4.74 Å². The summed E-state index contributed by atoms with van der Waals surface area (Å²) < 4.78 is 44.5. The average Bonchev–Trinajstić information content (AvgIpc) is 3.22. The fraction of sp³-hybridized carbons (Fsp3) is 0.190. The summed E-state index contributed by atoms with van der Waals surface area (Å²) in [6.45, 7) is 0.397. The molecule has 2 heterocycles. The van der Waals surface area contributed by atoms with E-state index in [1.807, 2.05) is 29.6 Å². The molecule has 0 amide bonds. The molecule has 0 fully saturated rings. The number of halogens is 3. The van der Waals surface area contributed by atoms with E-state index in [1.54, 1.807) is 31.4 Å². The van der Waals surface area contributed by atoms with Crippen LogP contribution in [0.2, 0.25) is 0 Å². The zero-order valence-electron chi connectivity index (χ0n) is 15.9. The van der Waals surface area contributed by atoms with E-state index >= 15 is 0 Å². The highest BCUT2D eigenvalue weighted by molar-refractivity contribution is 7.09. The molecule has 0 atom stereocenters. The number of thiazole rings is 1. The monoisotopic (exact) mass is 430 g/mol. The predicted octanol–water partition coefficient (Wildman–Crippen LogP) is 5.44. The largest absolute Gasteiger partial charge is 0.497 e. The summed E-state index contributed by atoms with van der Waals surface area (Å²) in [5, 5.41) is 6.39. The number of benzene rings is 2. The zero-order valence-corrected chi connectivity index (χ0v) is 16.7. The van der Waals surface area contributed by atoms with Gasteiger partial charge in [-0.15, -0.1) is 11.3 Å². The first kappa shape index (κ1) is 20.1. The molecule has 2 aromatic carbocycles. The molecule has 5 nitrogen and oxygen atoms in total. The van der Waals surface area contributed by atoms with E-state index in [0.717, 1.165) is 22.0 Å². The lowest BCUT2D eigenvalue weighted by atomic mass is 10.2. The van der Waals surface area contributed by atoms with Gasteiger partial charge in [-0.1, -0.05) is 12.1 Å². The molecule has 4 rings (SSSR count). The van der Waals surface area contributed by atoms with Gasteiger partial charge in [-0.3, -0.25) is 0 Å². The first-order chi connectivity index (χ1) is 14.4. The van der Waals surface area contributed by atoms with E-state index in [9.17, 15) is 13.2 Å². The highest BCUT2D eigenvalue weighted by Crippen LogP contribution is 2.30. The van der Waals surface area contributed by atoms with Crippen LogP contribution in [0.15, 0.2) is 53.9 Å². The van der Waals surface area contributed by atoms with Crippen LogP contribution in [0.25, 0.3) is 22.2 Å². The summed E-state index contributed by atoms with van der Waals surface area (Å²) in [6.07, 6.45) is -4.05. The molecule has 0 aliphatic heterocycles. The van der Waals surface area contributed by atoms with Gasteiger partial charge in [-0.05, 0) is 36.4 Å². The molecule has 0 bridgehead atoms. The Hall–Kier alpha value is -3.20. The summed E-state index contributed by atoms with van der Waals surface area (Å²) >= 11 is 1.51. The Labute approximate surface area is 174 Å². The zero-order chi connectivity index (χ0) is 21.1. The average molecular weight is 430 g/mol. The summed E-state index contributed by atoms with van der Waals surface area (Å²) in [4.78, 5) is 11.9. The molecule has 0 spiro atoms. The number of methoxy groups -OCH3 is 1. The fourth-order valence-electron chi connectivity index (χ4n) is 2.95. The van der Waals surface area contributed by atoms with Gasteiger partial charge in [0.05, 0.1) is 23.3 Å². The van der Waals surface area contributed by atoms with Crippen LogP contribution >= 0.6 is 11.3 Å². The number of aromatic nitrogens is 3. The van der Waals surface area contributed by atoms with Crippen LogP contribution in [0.3, 0.4) is 0 Å². The molecule has 0 saturated carbocycles. The van der Waals surface area contributed by atoms with Gasteiger partial charge in [0, 0.05) is 29.3 Å². The Kier molecular flexibility index (Phi) is 5.54. The van der Waals surface area contributed by atoms with Crippen molar-refractivity contribution in [3.63, 3.8) is 0 Å². The van der Waals surface area contributed by atoms with Crippen molar-refractivity contribution >= 4 is 28.1 Å². The van der Waals surface area contributed by atoms with Crippen LogP contribution < -0.4 is 10.1 Å². The number of alkyl halides is 3. The van der Waals surface area contributed by atoms with Crippen molar-refractivity contribution in [2.24, 2.45) is 0 Å². The number of fused-ring (bicyclic) bond motifs is 1. The lowest BCUT2D eigenvalue weighted by molar-refractivity contribution is -0.144. The van der Waals surface area contributed by atoms with Crippen LogP contribution in [-0.4, -0.2) is 28.6 Å². The van der Waals surface area contributed by atoms with Crippen molar-refractivity contribution in [2.45, 2.75) is 12.6 Å². The Morgan fingerprint density at radius 2 is 1.77 bits per heavy atom. The molecule has 0 aliphatic carbocycles. The normalized spacial score (nSPS) is 11.6. The van der Waals surface area contributed by atoms with Gasteiger partial charge >= 0.3 is 6.18 Å². The quantitative estimate of drug-likeness (QED) is 0.442. The molecular formula is C21H17F3N4OS. The molecule has 30 heavy (non-hydrogen) atoms. The summed E-state index contributed by atoms with van der Waals surface area (Å²) in [5.41, 5.74) is 2.07. The van der Waals surface area contributed by atoms with Gasteiger partial charge in [-0.2, -0.15) is 13.2 Å². The first-order valence-electron chi connectivity index (χ1n) is 9.11. The van der Waals surface area contributed by atoms with Crippen molar-refractivity contribution in [3.05, 3.63) is 64.7 Å². The summed E-state index contributed by atoms with van der Waals surface area (Å²) in [5.74, 6) is -0.215. The van der Waals surface area contributed by atoms with Gasteiger partial charge in [0.2, 0.25) is 5.82 Å². The van der Waals surface area contributed by atoms with Crippen molar-refractivity contribution in [3.8, 4) is 17.0 Å². The second-order valence-electron chi connectivity index (χ2n) is 6.44. The van der Waals surface area contributed by atoms with Gasteiger partial charge < -0.3 is 10.1 Å². The van der Waals surface area contributed by atoms with Gasteiger partial charge in [0.15, 0.2) is 0 Å². The van der Waals surface area contributed by atoms with Crippen LogP contribution in [0.1, 0.15) is 10.8 Å². The topological polar surface area (TPSA) is 59.9 Å². The second-order valence-corrected chi connectivity index (χ2v) is 7.39. The SMILES string of the molecule is COc1ccc(-c2csc(CCNc3nc(C(F)(F)F)nc4ccccc34)n2)cc1. The molecule has 0 saturated heterocycles. The van der Waals surface area contributed by atoms with Gasteiger partial charge in [0.1, 0.15) is 11.6 Å². The van der Waals surface area contributed by atoms with Crippen LogP contribution in [-0.2, 0) is 12.6 Å². The van der Waals surface area contributed by atoms with Crippen LogP contribution in [0.4, 0.5) is 19.0 Å². The van der Waals surface area contributed by atoms with Crippen molar-refractivity contribution in [1.29, 1.82) is 0 Å². The van der Waals surface area contributed by atoms with Crippen molar-refractivity contribution in [2.75, 3.05) is 19.0 Å². The van der Waals surface area contributed by atoms with E-state index in [2.05, 4.69) is 20.3 Å². The molecule has 0 unspecified atom stereocenters. The number of hydrogen-bond donors (Lipinski definition) is 1. The smallest absolute Gasteiger partial charge is 0.451 e. The molecule has 1 N–H and O–H groups in total. The minimum absolute atomic E-state index is 0.167. The molecule has 154 valence electrons. The number of hydrogen-bond acceptors (Lipinski definition) is 6. The maximum atomic E-state index is 13.1. The maximum Gasteiger partial charge on any atom is 0.451 e. The third-order valence-corrected chi connectivity index (χ3v) is 5.33. The van der Waals surface area contributed by atoms with E-state index in [1.165, 1.54) is 11.3 Å². The molecule has 9 heteroatoms. The molecule has 4 aromatic rings.